The van der Waals surface area contributed by atoms with Gasteiger partial charge in [-0.25, -0.2) is 0 Å². The van der Waals surface area contributed by atoms with Crippen LogP contribution in [0.2, 0.25) is 0 Å². The van der Waals surface area contributed by atoms with Crippen molar-refractivity contribution in [1.29, 1.82) is 0 Å². The molecular formula is C11H14F3NO2. The first kappa shape index (κ1) is 13.6. The molecule has 0 aliphatic heterocycles. The fourth-order valence-electron chi connectivity index (χ4n) is 1.43. The van der Waals surface area contributed by atoms with Crippen LogP contribution in [0.15, 0.2) is 18.2 Å². The van der Waals surface area contributed by atoms with Crippen LogP contribution < -0.4 is 15.2 Å². The van der Waals surface area contributed by atoms with Gasteiger partial charge in [-0.3, -0.25) is 0 Å². The third-order valence-electron chi connectivity index (χ3n) is 1.99. The van der Waals surface area contributed by atoms with E-state index < -0.39 is 6.36 Å². The van der Waals surface area contributed by atoms with E-state index in [0.29, 0.717) is 18.5 Å². The maximum atomic E-state index is 12.2. The lowest BCUT2D eigenvalue weighted by Crippen LogP contribution is -2.18. The molecule has 0 unspecified atom stereocenters. The van der Waals surface area contributed by atoms with Crippen LogP contribution in [0.25, 0.3) is 0 Å². The van der Waals surface area contributed by atoms with E-state index in [1.165, 1.54) is 12.1 Å². The van der Waals surface area contributed by atoms with E-state index in [9.17, 15) is 13.2 Å². The lowest BCUT2D eigenvalue weighted by atomic mass is 10.1. The normalized spacial score (nSPS) is 11.4. The summed E-state index contributed by atoms with van der Waals surface area (Å²) in [4.78, 5) is 0. The number of benzene rings is 1. The molecule has 0 spiro atoms. The van der Waals surface area contributed by atoms with E-state index in [2.05, 4.69) is 4.74 Å². The van der Waals surface area contributed by atoms with Gasteiger partial charge in [0.25, 0.3) is 0 Å². The van der Waals surface area contributed by atoms with Gasteiger partial charge in [0.1, 0.15) is 0 Å². The standard InChI is InChI=1S/C11H14F3NO2/c1-2-16-10-8(6-7-15)4-3-5-9(10)17-11(12,13)14/h3-5H,2,6-7,15H2,1H3. The Morgan fingerprint density at radius 2 is 2.00 bits per heavy atom. The maximum Gasteiger partial charge on any atom is 0.573 e. The molecule has 1 rings (SSSR count). The summed E-state index contributed by atoms with van der Waals surface area (Å²) in [6.07, 6.45) is -4.29. The summed E-state index contributed by atoms with van der Waals surface area (Å²) in [5, 5.41) is 0. The Balaban J connectivity index is 3.05. The molecule has 0 radical (unpaired) electrons. The third-order valence-corrected chi connectivity index (χ3v) is 1.99. The Morgan fingerprint density at radius 3 is 2.53 bits per heavy atom. The molecule has 1 aromatic carbocycles. The molecule has 0 fully saturated rings. The SMILES string of the molecule is CCOc1c(CCN)cccc1OC(F)(F)F. The van der Waals surface area contributed by atoms with Crippen LogP contribution in [0.3, 0.4) is 0 Å². The first-order valence-corrected chi connectivity index (χ1v) is 5.18. The highest BCUT2D eigenvalue weighted by molar-refractivity contribution is 5.47. The molecule has 0 saturated carbocycles. The molecule has 3 nitrogen and oxygen atoms in total. The molecule has 0 amide bonds. The van der Waals surface area contributed by atoms with Crippen molar-refractivity contribution in [2.24, 2.45) is 5.73 Å². The van der Waals surface area contributed by atoms with Crippen molar-refractivity contribution in [3.05, 3.63) is 23.8 Å². The molecule has 6 heteroatoms. The summed E-state index contributed by atoms with van der Waals surface area (Å²) in [6.45, 7) is 2.28. The molecular weight excluding hydrogens is 235 g/mol. The number of hydrogen-bond donors (Lipinski definition) is 1. The second-order valence-corrected chi connectivity index (χ2v) is 3.26. The van der Waals surface area contributed by atoms with Crippen molar-refractivity contribution in [3.63, 3.8) is 0 Å². The van der Waals surface area contributed by atoms with Crippen LogP contribution >= 0.6 is 0 Å². The molecule has 0 aliphatic carbocycles. The molecule has 0 aliphatic rings. The molecule has 0 atom stereocenters. The van der Waals surface area contributed by atoms with E-state index in [-0.39, 0.29) is 18.1 Å². The molecule has 96 valence electrons. The predicted octanol–water partition coefficient (Wildman–Crippen LogP) is 2.49. The lowest BCUT2D eigenvalue weighted by Gasteiger charge is -2.16. The molecule has 2 N–H and O–H groups in total. The first-order valence-electron chi connectivity index (χ1n) is 5.18. The van der Waals surface area contributed by atoms with Crippen LogP contribution in [-0.2, 0) is 6.42 Å². The topological polar surface area (TPSA) is 44.5 Å². The summed E-state index contributed by atoms with van der Waals surface area (Å²) in [5.74, 6) is -0.219. The monoisotopic (exact) mass is 249 g/mol. The highest BCUT2D eigenvalue weighted by atomic mass is 19.4. The van der Waals surface area contributed by atoms with Gasteiger partial charge >= 0.3 is 6.36 Å². The van der Waals surface area contributed by atoms with Gasteiger partial charge in [-0.2, -0.15) is 0 Å². The lowest BCUT2D eigenvalue weighted by molar-refractivity contribution is -0.275. The Labute approximate surface area is 97.3 Å². The zero-order chi connectivity index (χ0) is 12.9. The van der Waals surface area contributed by atoms with Crippen molar-refractivity contribution in [2.75, 3.05) is 13.2 Å². The fraction of sp³-hybridized carbons (Fsp3) is 0.455. The number of halogens is 3. The van der Waals surface area contributed by atoms with E-state index in [1.54, 1.807) is 13.0 Å². The number of nitrogens with two attached hydrogens (primary N) is 1. The zero-order valence-corrected chi connectivity index (χ0v) is 9.38. The van der Waals surface area contributed by atoms with Crippen LogP contribution in [0, 0.1) is 0 Å². The largest absolute Gasteiger partial charge is 0.573 e. The summed E-state index contributed by atoms with van der Waals surface area (Å²) >= 11 is 0. The van der Waals surface area contributed by atoms with Gasteiger partial charge in [-0.15, -0.1) is 13.2 Å². The predicted molar refractivity (Wildman–Crippen MR) is 57.1 cm³/mol. The third kappa shape index (κ3) is 4.14. The van der Waals surface area contributed by atoms with Crippen LogP contribution in [0.5, 0.6) is 11.5 Å². The summed E-state index contributed by atoms with van der Waals surface area (Å²) in [6, 6.07) is 4.37. The Hall–Kier alpha value is -1.43. The highest BCUT2D eigenvalue weighted by Gasteiger charge is 2.32. The minimum absolute atomic E-state index is 0.109. The second kappa shape index (κ2) is 5.77. The molecule has 0 heterocycles. The number of ether oxygens (including phenoxy) is 2. The van der Waals surface area contributed by atoms with Crippen LogP contribution in [-0.4, -0.2) is 19.5 Å². The molecule has 0 bridgehead atoms. The van der Waals surface area contributed by atoms with E-state index in [4.69, 9.17) is 10.5 Å². The molecule has 0 saturated heterocycles. The van der Waals surface area contributed by atoms with Crippen LogP contribution in [0.4, 0.5) is 13.2 Å². The second-order valence-electron chi connectivity index (χ2n) is 3.26. The van der Waals surface area contributed by atoms with Gasteiger partial charge in [0.05, 0.1) is 6.61 Å². The summed E-state index contributed by atoms with van der Waals surface area (Å²) in [5.41, 5.74) is 5.99. The summed E-state index contributed by atoms with van der Waals surface area (Å²) < 4.78 is 45.6. The Kier molecular flexibility index (Phi) is 4.62. The summed E-state index contributed by atoms with van der Waals surface area (Å²) in [7, 11) is 0. The van der Waals surface area contributed by atoms with Crippen molar-refractivity contribution < 1.29 is 22.6 Å². The number of hydrogen-bond acceptors (Lipinski definition) is 3. The van der Waals surface area contributed by atoms with Crippen molar-refractivity contribution in [1.82, 2.24) is 0 Å². The number of rotatable bonds is 5. The highest BCUT2D eigenvalue weighted by Crippen LogP contribution is 2.35. The number of alkyl halides is 3. The Bertz CT molecular complexity index is 366. The van der Waals surface area contributed by atoms with Crippen molar-refractivity contribution in [2.45, 2.75) is 19.7 Å². The minimum Gasteiger partial charge on any atom is -0.490 e. The van der Waals surface area contributed by atoms with E-state index >= 15 is 0 Å². The molecule has 0 aromatic heterocycles. The number of para-hydroxylation sites is 1. The van der Waals surface area contributed by atoms with Gasteiger partial charge in [-0.1, -0.05) is 12.1 Å². The Morgan fingerprint density at radius 1 is 1.29 bits per heavy atom. The average molecular weight is 249 g/mol. The van der Waals surface area contributed by atoms with E-state index in [0.717, 1.165) is 0 Å². The molecule has 17 heavy (non-hydrogen) atoms. The van der Waals surface area contributed by atoms with Gasteiger partial charge in [0.2, 0.25) is 0 Å². The first-order chi connectivity index (χ1) is 7.98. The zero-order valence-electron chi connectivity index (χ0n) is 9.38. The van der Waals surface area contributed by atoms with Gasteiger partial charge < -0.3 is 15.2 Å². The maximum absolute atomic E-state index is 12.2. The van der Waals surface area contributed by atoms with Crippen molar-refractivity contribution in [3.8, 4) is 11.5 Å². The van der Waals surface area contributed by atoms with Crippen LogP contribution in [0.1, 0.15) is 12.5 Å². The minimum atomic E-state index is -4.73. The smallest absolute Gasteiger partial charge is 0.490 e. The molecule has 1 aromatic rings. The van der Waals surface area contributed by atoms with E-state index in [1.807, 2.05) is 0 Å². The van der Waals surface area contributed by atoms with Gasteiger partial charge in [0, 0.05) is 0 Å². The van der Waals surface area contributed by atoms with Gasteiger partial charge in [0.15, 0.2) is 11.5 Å². The van der Waals surface area contributed by atoms with Gasteiger partial charge in [-0.05, 0) is 31.5 Å². The van der Waals surface area contributed by atoms with Crippen molar-refractivity contribution >= 4 is 0 Å². The fourth-order valence-corrected chi connectivity index (χ4v) is 1.43. The quantitative estimate of drug-likeness (QED) is 0.871. The average Bonchev–Trinajstić information content (AvgIpc) is 2.21.